The van der Waals surface area contributed by atoms with Crippen LogP contribution in [0.25, 0.3) is 0 Å². The zero-order chi connectivity index (χ0) is 19.9. The highest BCUT2D eigenvalue weighted by Crippen LogP contribution is 2.38. The lowest BCUT2D eigenvalue weighted by Gasteiger charge is -2.39. The molecule has 29 heavy (non-hydrogen) atoms. The average molecular weight is 393 g/mol. The number of hydrogen-bond acceptors (Lipinski definition) is 4. The first kappa shape index (κ1) is 20.0. The van der Waals surface area contributed by atoms with E-state index < -0.39 is 0 Å². The number of nitrogens with zero attached hydrogens (tertiary/aromatic N) is 2. The van der Waals surface area contributed by atoms with Crippen LogP contribution in [0.2, 0.25) is 0 Å². The number of hydrogen-bond donors (Lipinski definition) is 2. The maximum atomic E-state index is 12.9. The lowest BCUT2D eigenvalue weighted by atomic mass is 9.69. The second kappa shape index (κ2) is 9.51. The molecular weight excluding hydrogens is 360 g/mol. The van der Waals surface area contributed by atoms with Gasteiger partial charge in [0.05, 0.1) is 6.54 Å². The highest BCUT2D eigenvalue weighted by Gasteiger charge is 2.34. The van der Waals surface area contributed by atoms with Gasteiger partial charge in [-0.05, 0) is 30.0 Å². The van der Waals surface area contributed by atoms with Crippen LogP contribution in [-0.2, 0) is 10.2 Å². The number of pyridine rings is 1. The monoisotopic (exact) mass is 392 g/mol. The van der Waals surface area contributed by atoms with Gasteiger partial charge < -0.3 is 10.6 Å². The molecule has 2 aromatic rings. The van der Waals surface area contributed by atoms with Crippen molar-refractivity contribution in [1.82, 2.24) is 20.5 Å². The van der Waals surface area contributed by atoms with Crippen LogP contribution >= 0.6 is 0 Å². The Balaban J connectivity index is 1.40. The molecule has 4 rings (SSSR count). The van der Waals surface area contributed by atoms with Crippen molar-refractivity contribution >= 4 is 5.91 Å². The molecular formula is C24H32N4O. The Morgan fingerprint density at radius 1 is 1.14 bits per heavy atom. The number of carbonyl (C=O) groups is 1. The van der Waals surface area contributed by atoms with Gasteiger partial charge in [0.25, 0.3) is 0 Å². The number of amides is 1. The molecule has 1 unspecified atom stereocenters. The first-order valence-corrected chi connectivity index (χ1v) is 10.9. The molecule has 2 aliphatic rings. The van der Waals surface area contributed by atoms with Gasteiger partial charge in [0.2, 0.25) is 5.91 Å². The van der Waals surface area contributed by atoms with Crippen molar-refractivity contribution in [2.45, 2.75) is 43.6 Å². The van der Waals surface area contributed by atoms with Gasteiger partial charge in [-0.2, -0.15) is 0 Å². The van der Waals surface area contributed by atoms with Crippen molar-refractivity contribution < 1.29 is 4.79 Å². The van der Waals surface area contributed by atoms with E-state index in [1.54, 1.807) is 6.20 Å². The second-order valence-electron chi connectivity index (χ2n) is 8.46. The van der Waals surface area contributed by atoms with E-state index >= 15 is 0 Å². The number of piperazine rings is 1. The van der Waals surface area contributed by atoms with Gasteiger partial charge >= 0.3 is 0 Å². The standard InChI is InChI=1S/C24H32N4O/c29-23(18-28-15-14-26-17-22(28)20-8-7-13-25-16-20)27-19-24(11-5-2-6-12-24)21-9-3-1-4-10-21/h1,3-4,7-10,13,16,22,26H,2,5-6,11-12,14-15,17-19H2,(H,27,29). The molecule has 1 amide bonds. The molecule has 2 N–H and O–H groups in total. The molecule has 1 aliphatic heterocycles. The van der Waals surface area contributed by atoms with E-state index in [0.29, 0.717) is 6.54 Å². The van der Waals surface area contributed by atoms with Crippen molar-refractivity contribution in [3.05, 3.63) is 66.0 Å². The van der Waals surface area contributed by atoms with Crippen molar-refractivity contribution in [2.75, 3.05) is 32.7 Å². The first-order chi connectivity index (χ1) is 14.3. The topological polar surface area (TPSA) is 57.3 Å². The van der Waals surface area contributed by atoms with Gasteiger partial charge in [-0.25, -0.2) is 0 Å². The maximum Gasteiger partial charge on any atom is 0.234 e. The molecule has 1 saturated heterocycles. The summed E-state index contributed by atoms with van der Waals surface area (Å²) in [5, 5.41) is 6.74. The van der Waals surface area contributed by atoms with E-state index in [0.717, 1.165) is 39.0 Å². The van der Waals surface area contributed by atoms with Crippen LogP contribution in [0.5, 0.6) is 0 Å². The number of benzene rings is 1. The largest absolute Gasteiger partial charge is 0.354 e. The van der Waals surface area contributed by atoms with Gasteiger partial charge in [0.15, 0.2) is 0 Å². The van der Waals surface area contributed by atoms with Gasteiger partial charge in [-0.1, -0.05) is 55.7 Å². The molecule has 1 saturated carbocycles. The lowest BCUT2D eigenvalue weighted by Crippen LogP contribution is -2.51. The summed E-state index contributed by atoms with van der Waals surface area (Å²) in [6.45, 7) is 3.81. The van der Waals surface area contributed by atoms with Gasteiger partial charge in [0, 0.05) is 50.0 Å². The molecule has 0 radical (unpaired) electrons. The number of aromatic nitrogens is 1. The van der Waals surface area contributed by atoms with Crippen LogP contribution in [0, 0.1) is 0 Å². The Morgan fingerprint density at radius 2 is 1.97 bits per heavy atom. The summed E-state index contributed by atoms with van der Waals surface area (Å²) in [5.41, 5.74) is 2.62. The zero-order valence-electron chi connectivity index (χ0n) is 17.1. The second-order valence-corrected chi connectivity index (χ2v) is 8.46. The van der Waals surface area contributed by atoms with Crippen molar-refractivity contribution in [1.29, 1.82) is 0 Å². The molecule has 1 aromatic carbocycles. The summed E-state index contributed by atoms with van der Waals surface area (Å²) in [7, 11) is 0. The summed E-state index contributed by atoms with van der Waals surface area (Å²) in [6, 6.07) is 15.0. The maximum absolute atomic E-state index is 12.9. The van der Waals surface area contributed by atoms with Crippen molar-refractivity contribution in [2.24, 2.45) is 0 Å². The summed E-state index contributed by atoms with van der Waals surface area (Å²) in [5.74, 6) is 0.127. The average Bonchev–Trinajstić information content (AvgIpc) is 2.80. The molecule has 2 heterocycles. The minimum atomic E-state index is 0.0847. The van der Waals surface area contributed by atoms with Crippen LogP contribution in [0.15, 0.2) is 54.9 Å². The van der Waals surface area contributed by atoms with Crippen LogP contribution < -0.4 is 10.6 Å². The summed E-state index contributed by atoms with van der Waals surface area (Å²) >= 11 is 0. The van der Waals surface area contributed by atoms with Crippen molar-refractivity contribution in [3.63, 3.8) is 0 Å². The van der Waals surface area contributed by atoms with E-state index in [1.165, 1.54) is 30.4 Å². The quantitative estimate of drug-likeness (QED) is 0.793. The molecule has 5 heteroatoms. The molecule has 0 bridgehead atoms. The summed E-state index contributed by atoms with van der Waals surface area (Å²) < 4.78 is 0. The fourth-order valence-electron chi connectivity index (χ4n) is 4.93. The van der Waals surface area contributed by atoms with Crippen molar-refractivity contribution in [3.8, 4) is 0 Å². The van der Waals surface area contributed by atoms with E-state index in [2.05, 4.69) is 56.9 Å². The normalized spacial score (nSPS) is 22.1. The minimum Gasteiger partial charge on any atom is -0.354 e. The highest BCUT2D eigenvalue weighted by atomic mass is 16.2. The number of carbonyl (C=O) groups excluding carboxylic acids is 1. The fourth-order valence-corrected chi connectivity index (χ4v) is 4.93. The first-order valence-electron chi connectivity index (χ1n) is 10.9. The molecule has 154 valence electrons. The molecule has 1 aromatic heterocycles. The third-order valence-corrected chi connectivity index (χ3v) is 6.59. The summed E-state index contributed by atoms with van der Waals surface area (Å²) in [4.78, 5) is 19.5. The highest BCUT2D eigenvalue weighted by molar-refractivity contribution is 5.78. The van der Waals surface area contributed by atoms with Crippen LogP contribution in [0.4, 0.5) is 0 Å². The molecule has 0 spiro atoms. The van der Waals surface area contributed by atoms with Crippen LogP contribution in [0.3, 0.4) is 0 Å². The molecule has 1 atom stereocenters. The van der Waals surface area contributed by atoms with E-state index in [-0.39, 0.29) is 17.4 Å². The van der Waals surface area contributed by atoms with Gasteiger partial charge in [-0.15, -0.1) is 0 Å². The number of rotatable bonds is 6. The Labute approximate surface area is 173 Å². The lowest BCUT2D eigenvalue weighted by molar-refractivity contribution is -0.123. The van der Waals surface area contributed by atoms with Gasteiger partial charge in [0.1, 0.15) is 0 Å². The smallest absolute Gasteiger partial charge is 0.234 e. The SMILES string of the molecule is O=C(CN1CCNCC1c1cccnc1)NCC1(c2ccccc2)CCCCC1. The van der Waals surface area contributed by atoms with E-state index in [1.807, 2.05) is 12.3 Å². The Morgan fingerprint density at radius 3 is 2.72 bits per heavy atom. The summed E-state index contributed by atoms with van der Waals surface area (Å²) in [6.07, 6.45) is 9.80. The van der Waals surface area contributed by atoms with E-state index in [4.69, 9.17) is 0 Å². The van der Waals surface area contributed by atoms with Crippen LogP contribution in [-0.4, -0.2) is 48.5 Å². The zero-order valence-corrected chi connectivity index (χ0v) is 17.1. The minimum absolute atomic E-state index is 0.0847. The fraction of sp³-hybridized carbons (Fsp3) is 0.500. The third kappa shape index (κ3) is 4.85. The Hall–Kier alpha value is -2.24. The van der Waals surface area contributed by atoms with Crippen LogP contribution in [0.1, 0.15) is 49.3 Å². The molecule has 2 fully saturated rings. The Bertz CT molecular complexity index is 774. The van der Waals surface area contributed by atoms with Gasteiger partial charge in [-0.3, -0.25) is 14.7 Å². The number of nitrogens with one attached hydrogen (secondary N) is 2. The third-order valence-electron chi connectivity index (χ3n) is 6.59. The molecule has 5 nitrogen and oxygen atoms in total. The predicted octanol–water partition coefficient (Wildman–Crippen LogP) is 3.05. The predicted molar refractivity (Wildman–Crippen MR) is 116 cm³/mol. The van der Waals surface area contributed by atoms with E-state index in [9.17, 15) is 4.79 Å². The molecule has 1 aliphatic carbocycles. The Kier molecular flexibility index (Phi) is 6.57.